The van der Waals surface area contributed by atoms with Gasteiger partial charge < -0.3 is 9.84 Å². The summed E-state index contributed by atoms with van der Waals surface area (Å²) in [5.74, 6) is 0.695. The Hall–Kier alpha value is -0.780. The highest BCUT2D eigenvalue weighted by atomic mass is 35.5. The number of ether oxygens (including phenoxy) is 1. The highest BCUT2D eigenvalue weighted by molar-refractivity contribution is 7.91. The van der Waals surface area contributed by atoms with Gasteiger partial charge in [0.2, 0.25) is 0 Å². The van der Waals surface area contributed by atoms with Crippen LogP contribution in [0.4, 0.5) is 0 Å². The number of hydrogen-bond acceptors (Lipinski definition) is 4. The molecule has 1 fully saturated rings. The first-order chi connectivity index (χ1) is 8.37. The fraction of sp³-hybridized carbons (Fsp3) is 0.500. The Labute approximate surface area is 111 Å². The quantitative estimate of drug-likeness (QED) is 0.924. The molecular formula is C12H15ClO4S. The van der Waals surface area contributed by atoms with Gasteiger partial charge in [0.25, 0.3) is 0 Å². The standard InChI is InChI=1S/C12H15ClO4S/c1-8(14)11-6-9(13)2-3-12(11)17-10-4-5-18(15,16)7-10/h2-3,6,8,10,14H,4-5,7H2,1H3/t8-,10?/m1/s1. The molecule has 6 heteroatoms. The number of aliphatic hydroxyl groups excluding tert-OH is 1. The summed E-state index contributed by atoms with van der Waals surface area (Å²) in [6, 6.07) is 4.95. The molecule has 1 N–H and O–H groups in total. The lowest BCUT2D eigenvalue weighted by Crippen LogP contribution is -2.18. The van der Waals surface area contributed by atoms with Gasteiger partial charge >= 0.3 is 0 Å². The summed E-state index contributed by atoms with van der Waals surface area (Å²) in [5.41, 5.74) is 0.576. The SMILES string of the molecule is C[C@@H](O)c1cc(Cl)ccc1OC1CCS(=O)(=O)C1. The van der Waals surface area contributed by atoms with E-state index in [4.69, 9.17) is 16.3 Å². The van der Waals surface area contributed by atoms with Gasteiger partial charge in [0.1, 0.15) is 11.9 Å². The normalized spacial score (nSPS) is 23.8. The van der Waals surface area contributed by atoms with E-state index < -0.39 is 15.9 Å². The van der Waals surface area contributed by atoms with Crippen molar-refractivity contribution in [2.45, 2.75) is 25.6 Å². The van der Waals surface area contributed by atoms with E-state index in [1.165, 1.54) is 0 Å². The van der Waals surface area contributed by atoms with E-state index in [0.29, 0.717) is 22.8 Å². The van der Waals surface area contributed by atoms with Crippen molar-refractivity contribution in [2.24, 2.45) is 0 Å². The second kappa shape index (κ2) is 5.07. The molecule has 2 rings (SSSR count). The van der Waals surface area contributed by atoms with E-state index in [-0.39, 0.29) is 17.6 Å². The highest BCUT2D eigenvalue weighted by Crippen LogP contribution is 2.30. The van der Waals surface area contributed by atoms with Crippen molar-refractivity contribution in [2.75, 3.05) is 11.5 Å². The first kappa shape index (κ1) is 13.6. The maximum absolute atomic E-state index is 11.4. The molecular weight excluding hydrogens is 276 g/mol. The van der Waals surface area contributed by atoms with Gasteiger partial charge in [0.05, 0.1) is 17.6 Å². The summed E-state index contributed by atoms with van der Waals surface area (Å²) >= 11 is 5.86. The molecule has 0 aliphatic carbocycles. The Balaban J connectivity index is 2.19. The first-order valence-corrected chi connectivity index (χ1v) is 7.92. The van der Waals surface area contributed by atoms with Crippen LogP contribution in [0, 0.1) is 0 Å². The highest BCUT2D eigenvalue weighted by Gasteiger charge is 2.30. The van der Waals surface area contributed by atoms with E-state index in [1.54, 1.807) is 25.1 Å². The molecule has 0 amide bonds. The zero-order valence-electron chi connectivity index (χ0n) is 9.97. The molecule has 0 spiro atoms. The number of hydrogen-bond donors (Lipinski definition) is 1. The van der Waals surface area contributed by atoms with E-state index in [1.807, 2.05) is 0 Å². The van der Waals surface area contributed by atoms with Crippen LogP contribution >= 0.6 is 11.6 Å². The molecule has 18 heavy (non-hydrogen) atoms. The minimum atomic E-state index is -2.97. The topological polar surface area (TPSA) is 63.6 Å². The summed E-state index contributed by atoms with van der Waals surface area (Å²) in [6.45, 7) is 1.61. The molecule has 1 aromatic carbocycles. The number of aliphatic hydroxyl groups is 1. The Bertz CT molecular complexity index is 539. The van der Waals surface area contributed by atoms with Gasteiger partial charge in [-0.1, -0.05) is 11.6 Å². The van der Waals surface area contributed by atoms with Crippen LogP contribution in [0.3, 0.4) is 0 Å². The fourth-order valence-corrected chi connectivity index (χ4v) is 3.76. The number of halogens is 1. The smallest absolute Gasteiger partial charge is 0.154 e. The monoisotopic (exact) mass is 290 g/mol. The van der Waals surface area contributed by atoms with E-state index in [0.717, 1.165) is 0 Å². The largest absolute Gasteiger partial charge is 0.489 e. The zero-order chi connectivity index (χ0) is 13.3. The Morgan fingerprint density at radius 1 is 1.50 bits per heavy atom. The molecule has 1 unspecified atom stereocenters. The third-order valence-electron chi connectivity index (χ3n) is 2.91. The molecule has 4 nitrogen and oxygen atoms in total. The zero-order valence-corrected chi connectivity index (χ0v) is 11.5. The van der Waals surface area contributed by atoms with Crippen molar-refractivity contribution < 1.29 is 18.3 Å². The van der Waals surface area contributed by atoms with Gasteiger partial charge in [0, 0.05) is 10.6 Å². The molecule has 0 radical (unpaired) electrons. The third kappa shape index (κ3) is 3.16. The van der Waals surface area contributed by atoms with Crippen molar-refractivity contribution in [1.29, 1.82) is 0 Å². The van der Waals surface area contributed by atoms with Crippen LogP contribution in [0.5, 0.6) is 5.75 Å². The average molecular weight is 291 g/mol. The van der Waals surface area contributed by atoms with Crippen LogP contribution in [0.1, 0.15) is 25.0 Å². The van der Waals surface area contributed by atoms with Gasteiger partial charge in [-0.15, -0.1) is 0 Å². The maximum Gasteiger partial charge on any atom is 0.154 e. The van der Waals surface area contributed by atoms with Crippen LogP contribution in [-0.2, 0) is 9.84 Å². The maximum atomic E-state index is 11.4. The van der Waals surface area contributed by atoms with Crippen LogP contribution in [-0.4, -0.2) is 31.1 Å². The molecule has 1 heterocycles. The number of rotatable bonds is 3. The van der Waals surface area contributed by atoms with E-state index in [9.17, 15) is 13.5 Å². The lowest BCUT2D eigenvalue weighted by molar-refractivity contribution is 0.180. The van der Waals surface area contributed by atoms with Crippen molar-refractivity contribution in [3.63, 3.8) is 0 Å². The van der Waals surface area contributed by atoms with Crippen molar-refractivity contribution >= 4 is 21.4 Å². The Morgan fingerprint density at radius 2 is 2.22 bits per heavy atom. The third-order valence-corrected chi connectivity index (χ3v) is 4.88. The van der Waals surface area contributed by atoms with Crippen LogP contribution in [0.2, 0.25) is 5.02 Å². The minimum absolute atomic E-state index is 0.0366. The molecule has 1 aromatic rings. The number of sulfone groups is 1. The van der Waals surface area contributed by atoms with Crippen LogP contribution < -0.4 is 4.74 Å². The summed E-state index contributed by atoms with van der Waals surface area (Å²) in [7, 11) is -2.97. The second-order valence-corrected chi connectivity index (χ2v) is 7.17. The van der Waals surface area contributed by atoms with Gasteiger partial charge in [0.15, 0.2) is 9.84 Å². The van der Waals surface area contributed by atoms with Gasteiger partial charge in [-0.3, -0.25) is 0 Å². The molecule has 100 valence electrons. The Morgan fingerprint density at radius 3 is 2.78 bits per heavy atom. The predicted molar refractivity (Wildman–Crippen MR) is 69.8 cm³/mol. The Kier molecular flexibility index (Phi) is 3.84. The summed E-state index contributed by atoms with van der Waals surface area (Å²) in [5, 5.41) is 10.2. The lowest BCUT2D eigenvalue weighted by Gasteiger charge is -2.17. The summed E-state index contributed by atoms with van der Waals surface area (Å²) in [4.78, 5) is 0. The van der Waals surface area contributed by atoms with E-state index >= 15 is 0 Å². The predicted octanol–water partition coefficient (Wildman–Crippen LogP) is 1.96. The molecule has 2 atom stereocenters. The van der Waals surface area contributed by atoms with Gasteiger partial charge in [-0.05, 0) is 31.5 Å². The lowest BCUT2D eigenvalue weighted by atomic mass is 10.1. The fourth-order valence-electron chi connectivity index (χ4n) is 1.99. The van der Waals surface area contributed by atoms with Crippen molar-refractivity contribution in [3.05, 3.63) is 28.8 Å². The second-order valence-electron chi connectivity index (χ2n) is 4.50. The van der Waals surface area contributed by atoms with Crippen LogP contribution in [0.15, 0.2) is 18.2 Å². The summed E-state index contributed by atoms with van der Waals surface area (Å²) < 4.78 is 28.4. The molecule has 1 aliphatic rings. The van der Waals surface area contributed by atoms with Crippen LogP contribution in [0.25, 0.3) is 0 Å². The first-order valence-electron chi connectivity index (χ1n) is 5.72. The molecule has 0 saturated carbocycles. The molecule has 0 aromatic heterocycles. The molecule has 1 saturated heterocycles. The molecule has 1 aliphatic heterocycles. The number of benzene rings is 1. The van der Waals surface area contributed by atoms with Gasteiger partial charge in [-0.25, -0.2) is 8.42 Å². The van der Waals surface area contributed by atoms with Crippen molar-refractivity contribution in [1.82, 2.24) is 0 Å². The summed E-state index contributed by atoms with van der Waals surface area (Å²) in [6.07, 6.45) is -0.560. The minimum Gasteiger partial charge on any atom is -0.489 e. The van der Waals surface area contributed by atoms with Crippen molar-refractivity contribution in [3.8, 4) is 5.75 Å². The van der Waals surface area contributed by atoms with Gasteiger partial charge in [-0.2, -0.15) is 0 Å². The average Bonchev–Trinajstić information content (AvgIpc) is 2.60. The van der Waals surface area contributed by atoms with E-state index in [2.05, 4.69) is 0 Å². The molecule has 0 bridgehead atoms.